The molecule has 31 heavy (non-hydrogen) atoms. The van der Waals surface area contributed by atoms with Gasteiger partial charge >= 0.3 is 0 Å². The van der Waals surface area contributed by atoms with Crippen molar-refractivity contribution in [3.05, 3.63) is 41.5 Å². The molecule has 3 rings (SSSR count). The number of hydrogen-bond acceptors (Lipinski definition) is 5. The minimum absolute atomic E-state index is 0.315. The molecule has 1 saturated carbocycles. The zero-order valence-electron chi connectivity index (χ0n) is 19.3. The molecular weight excluding hydrogens is 392 g/mol. The summed E-state index contributed by atoms with van der Waals surface area (Å²) in [5, 5.41) is 15.4. The molecule has 2 N–H and O–H groups in total. The molecule has 1 aromatic carbocycles. The van der Waals surface area contributed by atoms with E-state index in [0.717, 1.165) is 55.9 Å². The maximum atomic E-state index is 5.33. The van der Waals surface area contributed by atoms with Gasteiger partial charge in [0.25, 0.3) is 0 Å². The number of nitrogens with one attached hydrogen (secondary N) is 2. The van der Waals surface area contributed by atoms with E-state index >= 15 is 0 Å². The first kappa shape index (κ1) is 23.1. The molecule has 0 aliphatic heterocycles. The summed E-state index contributed by atoms with van der Waals surface area (Å²) in [6.07, 6.45) is 5.76. The van der Waals surface area contributed by atoms with Crippen LogP contribution in [0.3, 0.4) is 0 Å². The lowest BCUT2D eigenvalue weighted by atomic mass is 9.67. The van der Waals surface area contributed by atoms with Gasteiger partial charge in [0.2, 0.25) is 0 Å². The Bertz CT molecular complexity index is 842. The number of methoxy groups -OCH3 is 2. The molecule has 0 saturated heterocycles. The van der Waals surface area contributed by atoms with Gasteiger partial charge in [0.05, 0.1) is 7.11 Å². The van der Waals surface area contributed by atoms with Crippen molar-refractivity contribution in [2.24, 2.45) is 17.5 Å². The van der Waals surface area contributed by atoms with Gasteiger partial charge in [-0.25, -0.2) is 4.99 Å². The first-order valence-electron chi connectivity index (χ1n) is 11.0. The molecule has 1 aliphatic rings. The quantitative estimate of drug-likeness (QED) is 0.423. The number of rotatable bonds is 11. The average Bonchev–Trinajstić information content (AvgIpc) is 3.08. The van der Waals surface area contributed by atoms with Crippen molar-refractivity contribution in [2.75, 3.05) is 33.9 Å². The summed E-state index contributed by atoms with van der Waals surface area (Å²) in [7, 11) is 5.43. The zero-order chi connectivity index (χ0) is 22.1. The van der Waals surface area contributed by atoms with E-state index in [1.165, 1.54) is 24.8 Å². The molecule has 0 amide bonds. The second-order valence-corrected chi connectivity index (χ2v) is 8.36. The Hall–Kier alpha value is -2.61. The minimum atomic E-state index is 0.315. The van der Waals surface area contributed by atoms with Gasteiger partial charge in [0, 0.05) is 33.9 Å². The number of aliphatic imine (C=N–C) groups is 1. The predicted octanol–water partition coefficient (Wildman–Crippen LogP) is 2.62. The number of guanidine groups is 1. The highest BCUT2D eigenvalue weighted by Gasteiger charge is 2.36. The number of nitrogens with zero attached hydrogens (tertiary/aromatic N) is 4. The van der Waals surface area contributed by atoms with Crippen molar-refractivity contribution in [3.63, 3.8) is 0 Å². The highest BCUT2D eigenvalue weighted by atomic mass is 16.5. The molecule has 2 aromatic rings. The number of ether oxygens (including phenoxy) is 2. The van der Waals surface area contributed by atoms with Crippen LogP contribution in [-0.2, 0) is 24.8 Å². The van der Waals surface area contributed by atoms with Crippen LogP contribution in [0.1, 0.15) is 42.9 Å². The van der Waals surface area contributed by atoms with Crippen LogP contribution in [0.5, 0.6) is 5.75 Å². The second kappa shape index (κ2) is 11.1. The first-order valence-corrected chi connectivity index (χ1v) is 11.0. The van der Waals surface area contributed by atoms with E-state index in [1.807, 2.05) is 30.7 Å². The lowest BCUT2D eigenvalue weighted by Gasteiger charge is -2.42. The topological polar surface area (TPSA) is 85.6 Å². The smallest absolute Gasteiger partial charge is 0.191 e. The standard InChI is InChI=1S/C23H36N6O2/c1-18-27-28-21(29(18)2)16-25-22(26-17-23(11-5-12-23)13-15-30-3)24-14-10-19-6-8-20(31-4)9-7-19/h6-9H,5,10-17H2,1-4H3,(H2,24,25,26). The monoisotopic (exact) mass is 428 g/mol. The third-order valence-electron chi connectivity index (χ3n) is 6.31. The summed E-state index contributed by atoms with van der Waals surface area (Å²) in [5.74, 6) is 3.44. The van der Waals surface area contributed by atoms with E-state index in [0.29, 0.717) is 12.0 Å². The van der Waals surface area contributed by atoms with Crippen LogP contribution in [0.25, 0.3) is 0 Å². The van der Waals surface area contributed by atoms with Gasteiger partial charge in [-0.2, -0.15) is 0 Å². The Morgan fingerprint density at radius 2 is 1.94 bits per heavy atom. The largest absolute Gasteiger partial charge is 0.497 e. The average molecular weight is 429 g/mol. The number of aryl methyl sites for hydroxylation is 1. The minimum Gasteiger partial charge on any atom is -0.497 e. The Labute approximate surface area is 185 Å². The van der Waals surface area contributed by atoms with E-state index in [4.69, 9.17) is 14.5 Å². The lowest BCUT2D eigenvalue weighted by Crippen LogP contribution is -2.47. The summed E-state index contributed by atoms with van der Waals surface area (Å²) >= 11 is 0. The molecule has 0 unspecified atom stereocenters. The molecule has 0 spiro atoms. The molecule has 1 aromatic heterocycles. The molecule has 8 heteroatoms. The molecule has 0 radical (unpaired) electrons. The molecule has 8 nitrogen and oxygen atoms in total. The van der Waals surface area contributed by atoms with Crippen LogP contribution < -0.4 is 15.4 Å². The Balaban J connectivity index is 1.60. The molecule has 0 bridgehead atoms. The molecular formula is C23H36N6O2. The third kappa shape index (κ3) is 6.43. The number of benzene rings is 1. The van der Waals surface area contributed by atoms with Crippen molar-refractivity contribution in [1.29, 1.82) is 0 Å². The summed E-state index contributed by atoms with van der Waals surface area (Å²) < 4.78 is 12.5. The second-order valence-electron chi connectivity index (χ2n) is 8.36. The van der Waals surface area contributed by atoms with E-state index in [1.54, 1.807) is 14.2 Å². The van der Waals surface area contributed by atoms with E-state index in [2.05, 4.69) is 33.0 Å². The Kier molecular flexibility index (Phi) is 8.28. The van der Waals surface area contributed by atoms with Gasteiger partial charge in [0.15, 0.2) is 11.8 Å². The highest BCUT2D eigenvalue weighted by molar-refractivity contribution is 5.79. The van der Waals surface area contributed by atoms with Crippen LogP contribution in [-0.4, -0.2) is 54.6 Å². The molecule has 1 heterocycles. The molecule has 1 fully saturated rings. The Morgan fingerprint density at radius 3 is 2.52 bits per heavy atom. The van der Waals surface area contributed by atoms with Crippen LogP contribution >= 0.6 is 0 Å². The summed E-state index contributed by atoms with van der Waals surface area (Å²) in [5.41, 5.74) is 1.57. The Morgan fingerprint density at radius 1 is 1.16 bits per heavy atom. The van der Waals surface area contributed by atoms with Gasteiger partial charge < -0.3 is 24.7 Å². The SMILES string of the molecule is COCCC1(CNC(=NCc2nnc(C)n2C)NCCc2ccc(OC)cc2)CCC1. The first-order chi connectivity index (χ1) is 15.0. The van der Waals surface area contributed by atoms with Crippen molar-refractivity contribution < 1.29 is 9.47 Å². The third-order valence-corrected chi connectivity index (χ3v) is 6.31. The van der Waals surface area contributed by atoms with Gasteiger partial charge in [-0.1, -0.05) is 18.6 Å². The molecule has 0 atom stereocenters. The normalized spacial score (nSPS) is 15.4. The molecule has 1 aliphatic carbocycles. The summed E-state index contributed by atoms with van der Waals surface area (Å²) in [4.78, 5) is 4.79. The van der Waals surface area contributed by atoms with Crippen molar-refractivity contribution in [3.8, 4) is 5.75 Å². The maximum Gasteiger partial charge on any atom is 0.191 e. The van der Waals surface area contributed by atoms with E-state index in [-0.39, 0.29) is 0 Å². The van der Waals surface area contributed by atoms with Crippen LogP contribution in [0, 0.1) is 12.3 Å². The zero-order valence-corrected chi connectivity index (χ0v) is 19.3. The molecule has 170 valence electrons. The van der Waals surface area contributed by atoms with Crippen LogP contribution in [0.4, 0.5) is 0 Å². The van der Waals surface area contributed by atoms with Gasteiger partial charge in [-0.05, 0) is 55.7 Å². The van der Waals surface area contributed by atoms with E-state index in [9.17, 15) is 0 Å². The lowest BCUT2D eigenvalue weighted by molar-refractivity contribution is 0.0732. The van der Waals surface area contributed by atoms with Gasteiger partial charge in [-0.15, -0.1) is 10.2 Å². The fourth-order valence-corrected chi connectivity index (χ4v) is 3.81. The highest BCUT2D eigenvalue weighted by Crippen LogP contribution is 2.43. The fraction of sp³-hybridized carbons (Fsp3) is 0.609. The van der Waals surface area contributed by atoms with Gasteiger partial charge in [0.1, 0.15) is 18.1 Å². The van der Waals surface area contributed by atoms with Gasteiger partial charge in [-0.3, -0.25) is 0 Å². The summed E-state index contributed by atoms with van der Waals surface area (Å²) in [6, 6.07) is 8.19. The number of aromatic nitrogens is 3. The maximum absolute atomic E-state index is 5.33. The van der Waals surface area contributed by atoms with E-state index < -0.39 is 0 Å². The van der Waals surface area contributed by atoms with Crippen molar-refractivity contribution in [2.45, 2.75) is 45.6 Å². The van der Waals surface area contributed by atoms with Crippen molar-refractivity contribution in [1.82, 2.24) is 25.4 Å². The fourth-order valence-electron chi connectivity index (χ4n) is 3.81. The number of hydrogen-bond donors (Lipinski definition) is 2. The van der Waals surface area contributed by atoms with Crippen LogP contribution in [0.15, 0.2) is 29.3 Å². The van der Waals surface area contributed by atoms with Crippen LogP contribution in [0.2, 0.25) is 0 Å². The van der Waals surface area contributed by atoms with Crippen molar-refractivity contribution >= 4 is 5.96 Å². The predicted molar refractivity (Wildman–Crippen MR) is 122 cm³/mol. The summed E-state index contributed by atoms with van der Waals surface area (Å²) in [6.45, 7) is 4.93.